The van der Waals surface area contributed by atoms with Gasteiger partial charge in [-0.05, 0) is 91.5 Å². The van der Waals surface area contributed by atoms with Gasteiger partial charge in [0, 0.05) is 42.4 Å². The Bertz CT molecular complexity index is 2360. The van der Waals surface area contributed by atoms with Crippen LogP contribution in [0.25, 0.3) is 32.1 Å². The molecule has 2 bridgehead atoms. The van der Waals surface area contributed by atoms with Crippen molar-refractivity contribution in [2.45, 2.75) is 109 Å². The Morgan fingerprint density at radius 1 is 1.07 bits per heavy atom. The number of fused-ring (bicyclic) bond motifs is 5. The second kappa shape index (κ2) is 14.6. The molecule has 4 fully saturated rings. The lowest BCUT2D eigenvalue weighted by Crippen LogP contribution is -2.57. The van der Waals surface area contributed by atoms with Crippen LogP contribution in [0.2, 0.25) is 5.02 Å². The number of anilines is 2. The van der Waals surface area contributed by atoms with Crippen molar-refractivity contribution in [1.29, 1.82) is 5.26 Å². The fourth-order valence-corrected chi connectivity index (χ4v) is 10.4. The number of carbonyl (C=O) groups excluding carboxylic acids is 2. The van der Waals surface area contributed by atoms with Crippen molar-refractivity contribution in [2.24, 2.45) is 0 Å². The van der Waals surface area contributed by atoms with E-state index >= 15 is 8.78 Å². The fourth-order valence-electron chi connectivity index (χ4n) is 9.02. The zero-order valence-corrected chi connectivity index (χ0v) is 34.8. The van der Waals surface area contributed by atoms with E-state index in [1.807, 2.05) is 25.7 Å². The molecular weight excluding hydrogens is 795 g/mol. The average molecular weight is 840 g/mol. The van der Waals surface area contributed by atoms with Crippen molar-refractivity contribution >= 4 is 66.9 Å². The lowest BCUT2D eigenvalue weighted by atomic mass is 9.95. The van der Waals surface area contributed by atoms with Gasteiger partial charge in [-0.25, -0.2) is 22.8 Å². The third-order valence-corrected chi connectivity index (χ3v) is 12.7. The number of hydrogen-bond acceptors (Lipinski definition) is 11. The standard InChI is InChI=1S/C41H45ClF3N7O5S/c1-39(2,3)56-37(53)49-35-26(16-46)29-24(10-11-28(44)33(29)58-35)30-27(42)14-25-32(31(30)45)47-36(55-20-41-12-7-13-51(41)17-21(43)15-41)48-34(25)50-18-22-8-9-23(19-50)52(22)38(54)57-40(4,5)6/h10-11,14,21-23H,7-9,12-13,15,17-20H2,1-6H3,(H,49,53)/t21-,22?,23?,41+/m1/s1. The van der Waals surface area contributed by atoms with Gasteiger partial charge < -0.3 is 19.1 Å². The van der Waals surface area contributed by atoms with Crippen LogP contribution in [0.1, 0.15) is 79.2 Å². The molecule has 308 valence electrons. The molecule has 0 aliphatic carbocycles. The third-order valence-electron chi connectivity index (χ3n) is 11.2. The van der Waals surface area contributed by atoms with E-state index in [-0.39, 0.29) is 72.4 Å². The van der Waals surface area contributed by atoms with Crippen LogP contribution in [-0.2, 0) is 9.47 Å². The summed E-state index contributed by atoms with van der Waals surface area (Å²) in [5.74, 6) is -1.19. The number of nitrogens with zero attached hydrogens (tertiary/aromatic N) is 6. The van der Waals surface area contributed by atoms with Crippen molar-refractivity contribution in [3.8, 4) is 23.2 Å². The molecule has 6 heterocycles. The number of benzene rings is 2. The first-order valence-corrected chi connectivity index (χ1v) is 20.7. The molecule has 2 unspecified atom stereocenters. The number of piperazine rings is 1. The summed E-state index contributed by atoms with van der Waals surface area (Å²) in [5, 5.41) is 13.2. The van der Waals surface area contributed by atoms with Crippen LogP contribution < -0.4 is 15.0 Å². The number of thiophene rings is 1. The van der Waals surface area contributed by atoms with Crippen LogP contribution in [0.15, 0.2) is 18.2 Å². The number of halogens is 4. The molecular formula is C41H45ClF3N7O5S. The van der Waals surface area contributed by atoms with E-state index in [9.17, 15) is 19.2 Å². The Morgan fingerprint density at radius 2 is 1.78 bits per heavy atom. The van der Waals surface area contributed by atoms with Crippen LogP contribution in [0.5, 0.6) is 6.01 Å². The zero-order valence-electron chi connectivity index (χ0n) is 33.2. The van der Waals surface area contributed by atoms with Gasteiger partial charge in [0.25, 0.3) is 0 Å². The first kappa shape index (κ1) is 40.2. The summed E-state index contributed by atoms with van der Waals surface area (Å²) in [6, 6.07) is 5.58. The molecule has 12 nitrogen and oxygen atoms in total. The molecule has 8 rings (SSSR count). The molecule has 4 aliphatic rings. The van der Waals surface area contributed by atoms with E-state index in [4.69, 9.17) is 30.8 Å². The SMILES string of the molecule is CC(C)(C)OC(=O)Nc1sc2c(F)ccc(-c3c(Cl)cc4c(N5CC6CCC(C5)N6C(=O)OC(C)(C)C)nc(OC[C@@]56CCCN5C[C@H](F)C6)nc4c3F)c2c1C#N. The molecule has 4 aromatic rings. The zero-order chi connectivity index (χ0) is 41.5. The monoisotopic (exact) mass is 839 g/mol. The lowest BCUT2D eigenvalue weighted by Gasteiger charge is -2.42. The van der Waals surface area contributed by atoms with Gasteiger partial charge in [0.05, 0.1) is 32.9 Å². The number of aromatic nitrogens is 2. The number of nitrogens with one attached hydrogen (secondary N) is 1. The Labute approximate surface area is 343 Å². The van der Waals surface area contributed by atoms with Crippen molar-refractivity contribution in [2.75, 3.05) is 43.0 Å². The summed E-state index contributed by atoms with van der Waals surface area (Å²) in [6.07, 6.45) is 1.21. The topological polar surface area (TPSA) is 133 Å². The maximum Gasteiger partial charge on any atom is 0.412 e. The Balaban J connectivity index is 1.23. The second-order valence-electron chi connectivity index (χ2n) is 17.7. The Morgan fingerprint density at radius 3 is 2.45 bits per heavy atom. The quantitative estimate of drug-likeness (QED) is 0.200. The van der Waals surface area contributed by atoms with Crippen LogP contribution in [-0.4, -0.2) is 99.7 Å². The minimum absolute atomic E-state index is 0.00418. The smallest absolute Gasteiger partial charge is 0.412 e. The van der Waals surface area contributed by atoms with Crippen molar-refractivity contribution in [1.82, 2.24) is 19.8 Å². The molecule has 2 aromatic carbocycles. The first-order chi connectivity index (χ1) is 27.3. The van der Waals surface area contributed by atoms with Gasteiger partial charge in [0.1, 0.15) is 52.2 Å². The number of hydrogen-bond donors (Lipinski definition) is 1. The molecule has 2 amide bonds. The summed E-state index contributed by atoms with van der Waals surface area (Å²) in [7, 11) is 0. The number of carbonyl (C=O) groups is 2. The summed E-state index contributed by atoms with van der Waals surface area (Å²) in [5.41, 5.74) is -2.30. The predicted octanol–water partition coefficient (Wildman–Crippen LogP) is 9.21. The van der Waals surface area contributed by atoms with Gasteiger partial charge in [-0.3, -0.25) is 15.1 Å². The molecule has 17 heteroatoms. The van der Waals surface area contributed by atoms with Crippen molar-refractivity contribution < 1.29 is 37.0 Å². The third kappa shape index (κ3) is 7.34. The summed E-state index contributed by atoms with van der Waals surface area (Å²) in [4.78, 5) is 41.4. The highest BCUT2D eigenvalue weighted by atomic mass is 35.5. The fraction of sp³-hybridized carbons (Fsp3) is 0.537. The molecule has 4 atom stereocenters. The van der Waals surface area contributed by atoms with E-state index in [0.717, 1.165) is 49.6 Å². The van der Waals surface area contributed by atoms with Gasteiger partial charge in [0.2, 0.25) is 0 Å². The molecule has 2 aromatic heterocycles. The van der Waals surface area contributed by atoms with E-state index < -0.39 is 46.7 Å². The van der Waals surface area contributed by atoms with E-state index in [2.05, 4.69) is 21.3 Å². The number of ether oxygens (including phenoxy) is 3. The number of rotatable bonds is 6. The van der Waals surface area contributed by atoms with Gasteiger partial charge >= 0.3 is 18.2 Å². The molecule has 0 saturated carbocycles. The van der Waals surface area contributed by atoms with Crippen LogP contribution >= 0.6 is 22.9 Å². The van der Waals surface area contributed by atoms with Crippen LogP contribution in [0, 0.1) is 23.0 Å². The lowest BCUT2D eigenvalue weighted by molar-refractivity contribution is 0.0122. The average Bonchev–Trinajstić information content (AvgIpc) is 3.84. The number of amides is 2. The summed E-state index contributed by atoms with van der Waals surface area (Å²) < 4.78 is 65.1. The Kier molecular flexibility index (Phi) is 10.1. The summed E-state index contributed by atoms with van der Waals surface area (Å²) >= 11 is 7.81. The van der Waals surface area contributed by atoms with Crippen molar-refractivity contribution in [3.05, 3.63) is 40.4 Å². The van der Waals surface area contributed by atoms with Crippen LogP contribution in [0.3, 0.4) is 0 Å². The largest absolute Gasteiger partial charge is 0.461 e. The van der Waals surface area contributed by atoms with Gasteiger partial charge in [0.15, 0.2) is 5.82 Å². The maximum atomic E-state index is 17.5. The molecule has 0 radical (unpaired) electrons. The highest BCUT2D eigenvalue weighted by Crippen LogP contribution is 2.47. The van der Waals surface area contributed by atoms with E-state index in [1.54, 1.807) is 31.7 Å². The highest BCUT2D eigenvalue weighted by Gasteiger charge is 2.50. The van der Waals surface area contributed by atoms with E-state index in [1.165, 1.54) is 6.07 Å². The molecule has 0 spiro atoms. The molecule has 4 saturated heterocycles. The minimum atomic E-state index is -0.987. The molecule has 1 N–H and O–H groups in total. The van der Waals surface area contributed by atoms with Crippen LogP contribution in [0.4, 0.5) is 33.6 Å². The van der Waals surface area contributed by atoms with Gasteiger partial charge in [-0.1, -0.05) is 17.7 Å². The first-order valence-electron chi connectivity index (χ1n) is 19.5. The maximum absolute atomic E-state index is 17.5. The predicted molar refractivity (Wildman–Crippen MR) is 215 cm³/mol. The second-order valence-corrected chi connectivity index (χ2v) is 19.1. The normalized spacial score (nSPS) is 23.4. The molecule has 58 heavy (non-hydrogen) atoms. The van der Waals surface area contributed by atoms with E-state index in [0.29, 0.717) is 31.9 Å². The van der Waals surface area contributed by atoms with Gasteiger partial charge in [-0.15, -0.1) is 11.3 Å². The minimum Gasteiger partial charge on any atom is -0.461 e. The van der Waals surface area contributed by atoms with Gasteiger partial charge in [-0.2, -0.15) is 15.2 Å². The highest BCUT2D eigenvalue weighted by molar-refractivity contribution is 7.23. The molecule has 4 aliphatic heterocycles. The number of nitriles is 1. The Hall–Kier alpha value is -4.59. The van der Waals surface area contributed by atoms with Crippen molar-refractivity contribution in [3.63, 3.8) is 0 Å². The summed E-state index contributed by atoms with van der Waals surface area (Å²) in [6.45, 7) is 12.4. The number of alkyl halides is 1.